The molecule has 22 heavy (non-hydrogen) atoms. The maximum atomic E-state index is 14.4. The first-order valence-electron chi connectivity index (χ1n) is 7.90. The molecule has 0 bridgehead atoms. The fraction of sp³-hybridized carbons (Fsp3) is 0.647. The molecule has 0 fully saturated rings. The molecule has 0 aliphatic heterocycles. The molecule has 0 saturated carbocycles. The van der Waals surface area contributed by atoms with Crippen molar-refractivity contribution in [2.45, 2.75) is 59.4 Å². The van der Waals surface area contributed by atoms with E-state index in [9.17, 15) is 12.8 Å². The molecule has 2 rings (SSSR count). The zero-order chi connectivity index (χ0) is 16.5. The number of halogens is 1. The first kappa shape index (κ1) is 17.4. The summed E-state index contributed by atoms with van der Waals surface area (Å²) in [6, 6.07) is 3.51. The normalized spacial score (nSPS) is 19.0. The minimum Gasteiger partial charge on any atom is -0.212 e. The van der Waals surface area contributed by atoms with Gasteiger partial charge in [-0.2, -0.15) is 0 Å². The number of aryl methyl sites for hydroxylation is 1. The van der Waals surface area contributed by atoms with Crippen LogP contribution in [0.25, 0.3) is 0 Å². The fourth-order valence-electron chi connectivity index (χ4n) is 3.04. The van der Waals surface area contributed by atoms with Crippen molar-refractivity contribution in [1.82, 2.24) is 4.72 Å². The van der Waals surface area contributed by atoms with Crippen molar-refractivity contribution in [3.63, 3.8) is 0 Å². The zero-order valence-corrected chi connectivity index (χ0v) is 14.7. The van der Waals surface area contributed by atoms with Crippen LogP contribution in [0.15, 0.2) is 12.1 Å². The molecule has 124 valence electrons. The highest BCUT2D eigenvalue weighted by molar-refractivity contribution is 7.89. The van der Waals surface area contributed by atoms with E-state index in [1.54, 1.807) is 13.0 Å². The number of sulfonamides is 1. The smallest absolute Gasteiger partial charge is 0.211 e. The monoisotopic (exact) mass is 327 g/mol. The summed E-state index contributed by atoms with van der Waals surface area (Å²) in [5.74, 6) is -0.138. The Hall–Kier alpha value is -0.940. The van der Waals surface area contributed by atoms with Crippen molar-refractivity contribution in [2.24, 2.45) is 5.41 Å². The van der Waals surface area contributed by atoms with Gasteiger partial charge in [-0.05, 0) is 60.8 Å². The summed E-state index contributed by atoms with van der Waals surface area (Å²) < 4.78 is 40.4. The molecule has 0 saturated heterocycles. The van der Waals surface area contributed by atoms with E-state index in [1.807, 2.05) is 0 Å². The first-order chi connectivity index (χ1) is 10.1. The van der Waals surface area contributed by atoms with E-state index < -0.39 is 10.0 Å². The van der Waals surface area contributed by atoms with Gasteiger partial charge in [-0.25, -0.2) is 17.5 Å². The fourth-order valence-corrected chi connectivity index (χ4v) is 3.91. The number of benzene rings is 1. The van der Waals surface area contributed by atoms with Crippen LogP contribution >= 0.6 is 0 Å². The maximum Gasteiger partial charge on any atom is 0.211 e. The summed E-state index contributed by atoms with van der Waals surface area (Å²) in [6.07, 6.45) is 2.73. The van der Waals surface area contributed by atoms with Crippen LogP contribution in [-0.2, 0) is 29.3 Å². The van der Waals surface area contributed by atoms with Crippen molar-refractivity contribution < 1.29 is 12.8 Å². The molecule has 0 spiro atoms. The largest absolute Gasteiger partial charge is 0.212 e. The molecule has 1 unspecified atom stereocenters. The molecular weight excluding hydrogens is 301 g/mol. The van der Waals surface area contributed by atoms with Crippen molar-refractivity contribution >= 4 is 10.0 Å². The number of hydrogen-bond acceptors (Lipinski definition) is 2. The van der Waals surface area contributed by atoms with Crippen LogP contribution in [0.2, 0.25) is 0 Å². The minimum absolute atomic E-state index is 0.0589. The van der Waals surface area contributed by atoms with Crippen molar-refractivity contribution in [3.8, 4) is 0 Å². The van der Waals surface area contributed by atoms with Crippen LogP contribution in [0.5, 0.6) is 0 Å². The third kappa shape index (κ3) is 4.53. The zero-order valence-electron chi connectivity index (χ0n) is 13.9. The van der Waals surface area contributed by atoms with E-state index >= 15 is 0 Å². The second-order valence-electron chi connectivity index (χ2n) is 7.41. The first-order valence-corrected chi connectivity index (χ1v) is 9.55. The van der Waals surface area contributed by atoms with Gasteiger partial charge in [-0.3, -0.25) is 0 Å². The van der Waals surface area contributed by atoms with Gasteiger partial charge in [0.15, 0.2) is 0 Å². The molecule has 0 heterocycles. The summed E-state index contributed by atoms with van der Waals surface area (Å²) in [4.78, 5) is 0. The van der Waals surface area contributed by atoms with Crippen LogP contribution in [0.1, 0.15) is 50.8 Å². The van der Waals surface area contributed by atoms with Gasteiger partial charge in [0.05, 0.1) is 5.75 Å². The second-order valence-corrected chi connectivity index (χ2v) is 9.46. The highest BCUT2D eigenvalue weighted by atomic mass is 32.2. The van der Waals surface area contributed by atoms with Gasteiger partial charge >= 0.3 is 0 Å². The van der Waals surface area contributed by atoms with Crippen LogP contribution in [0, 0.1) is 11.2 Å². The molecule has 1 atom stereocenters. The average molecular weight is 327 g/mol. The van der Waals surface area contributed by atoms with Crippen LogP contribution in [0.3, 0.4) is 0 Å². The van der Waals surface area contributed by atoms with Gasteiger partial charge in [0.1, 0.15) is 5.82 Å². The van der Waals surface area contributed by atoms with E-state index in [2.05, 4.69) is 31.6 Å². The Morgan fingerprint density at radius 3 is 2.59 bits per heavy atom. The molecular formula is C17H26FNO2S. The van der Waals surface area contributed by atoms with Gasteiger partial charge in [-0.1, -0.05) is 26.8 Å². The van der Waals surface area contributed by atoms with Crippen molar-refractivity contribution in [2.75, 3.05) is 5.75 Å². The Morgan fingerprint density at radius 2 is 2.00 bits per heavy atom. The van der Waals surface area contributed by atoms with Crippen LogP contribution in [-0.4, -0.2) is 20.2 Å². The third-order valence-corrected chi connectivity index (χ3v) is 5.47. The van der Waals surface area contributed by atoms with Crippen LogP contribution < -0.4 is 4.72 Å². The number of nitrogens with one attached hydrogen (secondary N) is 1. The van der Waals surface area contributed by atoms with E-state index in [0.29, 0.717) is 12.0 Å². The Kier molecular flexibility index (Phi) is 4.97. The Morgan fingerprint density at radius 1 is 1.32 bits per heavy atom. The van der Waals surface area contributed by atoms with Crippen molar-refractivity contribution in [3.05, 3.63) is 34.6 Å². The summed E-state index contributed by atoms with van der Waals surface area (Å²) >= 11 is 0. The SMILES string of the molecule is CCS(=O)(=O)NC1CCc2cc(CC(C)(C)C)cc(F)c2C1. The highest BCUT2D eigenvalue weighted by Gasteiger charge is 2.25. The van der Waals surface area contributed by atoms with Gasteiger partial charge in [-0.15, -0.1) is 0 Å². The third-order valence-electron chi connectivity index (χ3n) is 4.02. The molecule has 0 aromatic heterocycles. The lowest BCUT2D eigenvalue weighted by Gasteiger charge is -2.27. The standard InChI is InChI=1S/C17H26FNO2S/c1-5-22(20,21)19-14-7-6-13-8-12(11-17(2,3)4)9-16(18)15(13)10-14/h8-9,14,19H,5-7,10-11H2,1-4H3. The summed E-state index contributed by atoms with van der Waals surface area (Å²) in [6.45, 7) is 8.03. The van der Waals surface area contributed by atoms with E-state index in [0.717, 1.165) is 30.4 Å². The topological polar surface area (TPSA) is 46.2 Å². The summed E-state index contributed by atoms with van der Waals surface area (Å²) in [7, 11) is -3.24. The van der Waals surface area contributed by atoms with Gasteiger partial charge in [0.2, 0.25) is 10.0 Å². The molecule has 1 aromatic carbocycles. The maximum absolute atomic E-state index is 14.4. The molecule has 1 aliphatic rings. The number of hydrogen-bond donors (Lipinski definition) is 1. The van der Waals surface area contributed by atoms with E-state index in [4.69, 9.17) is 0 Å². The van der Waals surface area contributed by atoms with Crippen molar-refractivity contribution in [1.29, 1.82) is 0 Å². The highest BCUT2D eigenvalue weighted by Crippen LogP contribution is 2.29. The lowest BCUT2D eigenvalue weighted by Crippen LogP contribution is -2.39. The molecule has 1 aromatic rings. The average Bonchev–Trinajstić information content (AvgIpc) is 2.37. The molecule has 1 N–H and O–H groups in total. The van der Waals surface area contributed by atoms with Gasteiger partial charge in [0.25, 0.3) is 0 Å². The Bertz CT molecular complexity index is 647. The second kappa shape index (κ2) is 6.28. The van der Waals surface area contributed by atoms with Gasteiger partial charge < -0.3 is 0 Å². The molecule has 5 heteroatoms. The lowest BCUT2D eigenvalue weighted by atomic mass is 9.83. The molecule has 0 radical (unpaired) electrons. The summed E-state index contributed by atoms with van der Waals surface area (Å²) in [5.41, 5.74) is 2.85. The van der Waals surface area contributed by atoms with Gasteiger partial charge in [0, 0.05) is 6.04 Å². The van der Waals surface area contributed by atoms with E-state index in [-0.39, 0.29) is 23.0 Å². The minimum atomic E-state index is -3.24. The lowest BCUT2D eigenvalue weighted by molar-refractivity contribution is 0.409. The molecule has 0 amide bonds. The van der Waals surface area contributed by atoms with E-state index in [1.165, 1.54) is 0 Å². The Balaban J connectivity index is 2.20. The number of fused-ring (bicyclic) bond motifs is 1. The van der Waals surface area contributed by atoms with Crippen LogP contribution in [0.4, 0.5) is 4.39 Å². The molecule has 1 aliphatic carbocycles. The quantitative estimate of drug-likeness (QED) is 0.923. The number of rotatable bonds is 4. The predicted molar refractivity (Wildman–Crippen MR) is 88.0 cm³/mol. The molecule has 3 nitrogen and oxygen atoms in total. The predicted octanol–water partition coefficient (Wildman–Crippen LogP) is 3.21. The Labute approximate surface area is 133 Å². The summed E-state index contributed by atoms with van der Waals surface area (Å²) in [5, 5.41) is 0.